The van der Waals surface area contributed by atoms with Crippen LogP contribution in [0.1, 0.15) is 23.6 Å². The van der Waals surface area contributed by atoms with Crippen molar-refractivity contribution in [3.05, 3.63) is 82.4 Å². The molecule has 7 atom stereocenters. The number of nitrogens with one attached hydrogen (secondary N) is 2. The fourth-order valence-corrected chi connectivity index (χ4v) is 9.38. The van der Waals surface area contributed by atoms with Gasteiger partial charge in [-0.2, -0.15) is 13.2 Å². The van der Waals surface area contributed by atoms with Crippen LogP contribution in [0, 0.1) is 11.8 Å². The van der Waals surface area contributed by atoms with E-state index in [-0.39, 0.29) is 38.4 Å². The van der Waals surface area contributed by atoms with E-state index in [1.165, 1.54) is 4.91 Å². The standard InChI is InChI=1S/C34H40F3N5O5S2/c35-34(36,37)20-39-32(46)27-18-41(17-25-15-22-7-12-48-33(22)49-25)10-11-42(27)16-24(43)14-23(13-21-5-8-38-9-6-21)31(45)40-30-26-3-1-2-4-29(26)47-19-28(30)44/h1-9,12,15,22-24,27-28,30,33,43-44H,10-11,13-14,16-20H2,(H,39,46)(H,40,45)/t22?,23-,24+,27+,28-,30+,33?/m1/s1. The second-order valence-corrected chi connectivity index (χ2v) is 15.4. The highest BCUT2D eigenvalue weighted by Gasteiger charge is 2.39. The van der Waals surface area contributed by atoms with Crippen molar-refractivity contribution in [3.8, 4) is 5.75 Å². The summed E-state index contributed by atoms with van der Waals surface area (Å²) >= 11 is 3.55. The number of nitrogens with zero attached hydrogens (tertiary/aromatic N) is 3. The lowest BCUT2D eigenvalue weighted by Gasteiger charge is -2.41. The highest BCUT2D eigenvalue weighted by atomic mass is 32.2. The molecule has 6 rings (SSSR count). The summed E-state index contributed by atoms with van der Waals surface area (Å²) < 4.78 is 45.2. The van der Waals surface area contributed by atoms with Crippen LogP contribution < -0.4 is 15.4 Å². The van der Waals surface area contributed by atoms with Crippen LogP contribution in [0.2, 0.25) is 0 Å². The molecule has 4 aliphatic heterocycles. The minimum Gasteiger partial charge on any atom is -0.490 e. The minimum absolute atomic E-state index is 0.0101. The number of aromatic nitrogens is 1. The number of β-amino-alcohol motifs (C(OH)–C–C–N with tert-alkyl or cyclic N) is 1. The number of alkyl halides is 3. The Balaban J connectivity index is 1.14. The molecule has 2 amide bonds. The number of halogens is 3. The molecule has 1 fully saturated rings. The van der Waals surface area contributed by atoms with E-state index in [1.807, 2.05) is 5.32 Å². The predicted octanol–water partition coefficient (Wildman–Crippen LogP) is 3.10. The van der Waals surface area contributed by atoms with Crippen LogP contribution in [-0.2, 0) is 16.0 Å². The number of carbonyl (C=O) groups is 2. The van der Waals surface area contributed by atoms with E-state index >= 15 is 0 Å². The fourth-order valence-electron chi connectivity index (χ4n) is 6.69. The Morgan fingerprint density at radius 2 is 1.94 bits per heavy atom. The highest BCUT2D eigenvalue weighted by Crippen LogP contribution is 2.48. The molecule has 10 nitrogen and oxygen atoms in total. The van der Waals surface area contributed by atoms with Crippen molar-refractivity contribution in [2.45, 2.75) is 47.9 Å². The SMILES string of the molecule is O=C(N[C@H]1c2ccccc2OC[C@H]1O)[C@H](Cc1ccncc1)C[C@H](O)CN1CCN(CC2=CC3C=CSC3S2)C[C@H]1C(=O)NCC(F)(F)F. The fraction of sp³-hybridized carbons (Fsp3) is 0.500. The molecule has 0 spiro atoms. The monoisotopic (exact) mass is 719 g/mol. The Labute approximate surface area is 291 Å². The summed E-state index contributed by atoms with van der Waals surface area (Å²) in [5.74, 6) is -0.929. The van der Waals surface area contributed by atoms with Gasteiger partial charge >= 0.3 is 6.18 Å². The molecule has 0 radical (unpaired) electrons. The van der Waals surface area contributed by atoms with E-state index in [0.29, 0.717) is 41.4 Å². The second kappa shape index (κ2) is 15.9. The Morgan fingerprint density at radius 1 is 1.14 bits per heavy atom. The molecule has 1 aromatic heterocycles. The third-order valence-corrected chi connectivity index (χ3v) is 11.8. The number of para-hydroxylation sites is 1. The normalized spacial score (nSPS) is 26.6. The summed E-state index contributed by atoms with van der Waals surface area (Å²) in [7, 11) is 0. The van der Waals surface area contributed by atoms with Crippen molar-refractivity contribution in [2.24, 2.45) is 11.8 Å². The molecule has 1 saturated heterocycles. The number of hydrogen-bond acceptors (Lipinski definition) is 10. The van der Waals surface area contributed by atoms with Crippen molar-refractivity contribution in [1.29, 1.82) is 0 Å². The number of pyridine rings is 1. The lowest BCUT2D eigenvalue weighted by Crippen LogP contribution is -2.61. The van der Waals surface area contributed by atoms with Crippen LogP contribution in [0.3, 0.4) is 0 Å². The minimum atomic E-state index is -4.56. The molecule has 0 bridgehead atoms. The quantitative estimate of drug-likeness (QED) is 0.260. The van der Waals surface area contributed by atoms with Gasteiger partial charge in [-0.05, 0) is 46.9 Å². The third kappa shape index (κ3) is 9.38. The van der Waals surface area contributed by atoms with Gasteiger partial charge in [0.25, 0.3) is 0 Å². The maximum atomic E-state index is 13.8. The van der Waals surface area contributed by atoms with Crippen molar-refractivity contribution >= 4 is 35.3 Å². The van der Waals surface area contributed by atoms with Crippen LogP contribution in [0.25, 0.3) is 0 Å². The number of aliphatic hydroxyl groups excluding tert-OH is 2. The van der Waals surface area contributed by atoms with Gasteiger partial charge < -0.3 is 25.6 Å². The zero-order valence-electron chi connectivity index (χ0n) is 26.7. The number of benzene rings is 1. The van der Waals surface area contributed by atoms with Gasteiger partial charge in [-0.1, -0.05) is 30.4 Å². The topological polar surface area (TPSA) is 127 Å². The zero-order valence-corrected chi connectivity index (χ0v) is 28.3. The summed E-state index contributed by atoms with van der Waals surface area (Å²) in [6.45, 7) is 0.276. The average molecular weight is 720 g/mol. The number of fused-ring (bicyclic) bond motifs is 2. The van der Waals surface area contributed by atoms with E-state index in [9.17, 15) is 33.0 Å². The Kier molecular flexibility index (Phi) is 11.6. The maximum absolute atomic E-state index is 13.8. The molecule has 264 valence electrons. The number of ether oxygens (including phenoxy) is 1. The Bertz CT molecular complexity index is 1530. The van der Waals surface area contributed by atoms with Crippen molar-refractivity contribution in [2.75, 3.05) is 45.9 Å². The molecule has 2 aromatic rings. The van der Waals surface area contributed by atoms with Crippen LogP contribution in [0.15, 0.2) is 71.3 Å². The first kappa shape index (κ1) is 35.7. The Hall–Kier alpha value is -3.08. The number of thioether (sulfide) groups is 2. The van der Waals surface area contributed by atoms with Crippen LogP contribution >= 0.6 is 23.5 Å². The third-order valence-electron chi connectivity index (χ3n) is 9.14. The molecule has 0 saturated carbocycles. The Morgan fingerprint density at radius 3 is 2.71 bits per heavy atom. The smallest absolute Gasteiger partial charge is 0.405 e. The number of rotatable bonds is 12. The van der Waals surface area contributed by atoms with Gasteiger partial charge in [-0.15, -0.1) is 23.5 Å². The van der Waals surface area contributed by atoms with Gasteiger partial charge in [-0.25, -0.2) is 0 Å². The van der Waals surface area contributed by atoms with E-state index in [2.05, 4.69) is 32.8 Å². The molecule has 4 aliphatic rings. The van der Waals surface area contributed by atoms with Crippen LogP contribution in [-0.4, -0.2) is 112 Å². The van der Waals surface area contributed by atoms with E-state index in [4.69, 9.17) is 4.74 Å². The first-order valence-electron chi connectivity index (χ1n) is 16.3. The predicted molar refractivity (Wildman–Crippen MR) is 181 cm³/mol. The van der Waals surface area contributed by atoms with Crippen LogP contribution in [0.4, 0.5) is 13.2 Å². The zero-order chi connectivity index (χ0) is 34.5. The number of carbonyl (C=O) groups excluding carboxylic acids is 2. The lowest BCUT2D eigenvalue weighted by atomic mass is 9.91. The number of hydrogen-bond donors (Lipinski definition) is 4. The molecule has 15 heteroatoms. The largest absolute Gasteiger partial charge is 0.490 e. The first-order valence-corrected chi connectivity index (χ1v) is 18.1. The van der Waals surface area contributed by atoms with E-state index in [1.54, 1.807) is 77.2 Å². The summed E-state index contributed by atoms with van der Waals surface area (Å²) in [4.78, 5) is 36.1. The second-order valence-electron chi connectivity index (χ2n) is 12.8. The van der Waals surface area contributed by atoms with Crippen molar-refractivity contribution < 1.29 is 37.7 Å². The van der Waals surface area contributed by atoms with Crippen molar-refractivity contribution in [3.63, 3.8) is 0 Å². The lowest BCUT2D eigenvalue weighted by molar-refractivity contribution is -0.143. The van der Waals surface area contributed by atoms with Gasteiger partial charge in [0, 0.05) is 62.5 Å². The van der Waals surface area contributed by atoms with Crippen molar-refractivity contribution in [1.82, 2.24) is 25.4 Å². The number of amides is 2. The molecular formula is C34H40F3N5O5S2. The van der Waals surface area contributed by atoms with Gasteiger partial charge in [0.05, 0.1) is 16.7 Å². The van der Waals surface area contributed by atoms with Gasteiger partial charge in [0.1, 0.15) is 31.0 Å². The van der Waals surface area contributed by atoms with Gasteiger partial charge in [-0.3, -0.25) is 24.4 Å². The molecule has 0 aliphatic carbocycles. The molecule has 5 heterocycles. The number of piperazine rings is 1. The summed E-state index contributed by atoms with van der Waals surface area (Å²) in [6, 6.07) is 9.08. The summed E-state index contributed by atoms with van der Waals surface area (Å²) in [6.07, 6.45) is 1.28. The molecule has 4 N–H and O–H groups in total. The van der Waals surface area contributed by atoms with E-state index < -0.39 is 48.8 Å². The highest BCUT2D eigenvalue weighted by molar-refractivity contribution is 8.20. The van der Waals surface area contributed by atoms with Gasteiger partial charge in [0.15, 0.2) is 0 Å². The molecule has 49 heavy (non-hydrogen) atoms. The van der Waals surface area contributed by atoms with Gasteiger partial charge in [0.2, 0.25) is 11.8 Å². The number of aliphatic hydroxyl groups is 2. The van der Waals surface area contributed by atoms with E-state index in [0.717, 1.165) is 5.56 Å². The molecule has 2 unspecified atom stereocenters. The summed E-state index contributed by atoms with van der Waals surface area (Å²) in [5.41, 5.74) is 1.47. The number of allylic oxidation sites excluding steroid dienone is 2. The first-order chi connectivity index (χ1) is 23.5. The molecule has 1 aromatic carbocycles. The molecular weight excluding hydrogens is 680 g/mol. The maximum Gasteiger partial charge on any atom is 0.405 e. The summed E-state index contributed by atoms with van der Waals surface area (Å²) in [5, 5.41) is 29.3. The average Bonchev–Trinajstić information content (AvgIpc) is 3.67. The van der Waals surface area contributed by atoms with Crippen LogP contribution in [0.5, 0.6) is 5.75 Å².